The molecule has 0 radical (unpaired) electrons. The zero-order valence-electron chi connectivity index (χ0n) is 8.79. The number of hydrogen-bond acceptors (Lipinski definition) is 2. The lowest BCUT2D eigenvalue weighted by molar-refractivity contribution is 0.340. The van der Waals surface area contributed by atoms with Gasteiger partial charge in [-0.15, -0.1) is 6.58 Å². The van der Waals surface area contributed by atoms with Crippen molar-refractivity contribution in [2.75, 3.05) is 13.7 Å². The van der Waals surface area contributed by atoms with Crippen molar-refractivity contribution in [3.05, 3.63) is 42.5 Å². The summed E-state index contributed by atoms with van der Waals surface area (Å²) in [6, 6.07) is 8.27. The van der Waals surface area contributed by atoms with Gasteiger partial charge in [0.25, 0.3) is 0 Å². The Morgan fingerprint density at radius 3 is 2.50 bits per heavy atom. The van der Waals surface area contributed by atoms with E-state index in [0.29, 0.717) is 6.61 Å². The molecule has 2 nitrogen and oxygen atoms in total. The monoisotopic (exact) mass is 191 g/mol. The number of hydrogen-bond donors (Lipinski definition) is 1. The third-order valence-corrected chi connectivity index (χ3v) is 2.10. The highest BCUT2D eigenvalue weighted by molar-refractivity contribution is 5.30. The lowest BCUT2D eigenvalue weighted by atomic mass is 10.1. The van der Waals surface area contributed by atoms with Crippen LogP contribution in [0.2, 0.25) is 0 Å². The number of nitrogens with one attached hydrogen (secondary N) is 1. The van der Waals surface area contributed by atoms with Crippen molar-refractivity contribution < 1.29 is 4.74 Å². The summed E-state index contributed by atoms with van der Waals surface area (Å²) in [5, 5.41) is 3.16. The molecule has 2 heteroatoms. The Morgan fingerprint density at radius 2 is 2.07 bits per heavy atom. The van der Waals surface area contributed by atoms with Gasteiger partial charge in [0.1, 0.15) is 5.75 Å². The number of likely N-dealkylation sites (N-methyl/N-ethyl adjacent to an activating group) is 1. The smallest absolute Gasteiger partial charge is 0.119 e. The van der Waals surface area contributed by atoms with E-state index in [9.17, 15) is 0 Å². The van der Waals surface area contributed by atoms with E-state index >= 15 is 0 Å². The summed E-state index contributed by atoms with van der Waals surface area (Å²) in [6.07, 6.45) is 1.88. The Labute approximate surface area is 85.6 Å². The molecule has 0 aliphatic heterocycles. The summed E-state index contributed by atoms with van der Waals surface area (Å²) in [7, 11) is 1.92. The van der Waals surface area contributed by atoms with E-state index in [0.717, 1.165) is 5.75 Å². The highest BCUT2D eigenvalue weighted by Crippen LogP contribution is 2.18. The summed E-state index contributed by atoms with van der Waals surface area (Å²) in [5.41, 5.74) is 1.20. The van der Waals surface area contributed by atoms with Crippen LogP contribution in [0.25, 0.3) is 0 Å². The number of benzene rings is 1. The molecule has 0 aromatic heterocycles. The molecular formula is C12H17NO. The highest BCUT2D eigenvalue weighted by atomic mass is 16.5. The van der Waals surface area contributed by atoms with E-state index in [4.69, 9.17) is 4.74 Å². The van der Waals surface area contributed by atoms with Crippen molar-refractivity contribution in [1.29, 1.82) is 0 Å². The van der Waals surface area contributed by atoms with Crippen LogP contribution in [0, 0.1) is 0 Å². The van der Waals surface area contributed by atoms with E-state index in [-0.39, 0.29) is 6.04 Å². The molecule has 1 atom stereocenters. The van der Waals surface area contributed by atoms with Crippen LogP contribution in [0.4, 0.5) is 0 Å². The minimum atomic E-state index is 0.214. The zero-order chi connectivity index (χ0) is 10.4. The average molecular weight is 191 g/mol. The first-order valence-electron chi connectivity index (χ1n) is 4.84. The van der Waals surface area contributed by atoms with Crippen LogP contribution in [-0.2, 0) is 0 Å². The second kappa shape index (κ2) is 5.45. The molecule has 1 N–H and O–H groups in total. The summed E-state index contributed by atoms with van der Waals surface area (Å²) < 4.78 is 5.36. The molecule has 0 saturated heterocycles. The Bertz CT molecular complexity index is 279. The van der Waals surface area contributed by atoms with Crippen molar-refractivity contribution >= 4 is 0 Å². The van der Waals surface area contributed by atoms with Crippen LogP contribution in [0.1, 0.15) is 18.5 Å². The van der Waals surface area contributed by atoms with Crippen LogP contribution in [0.5, 0.6) is 5.75 Å². The lowest BCUT2D eigenvalue weighted by Gasteiger charge is -2.12. The van der Waals surface area contributed by atoms with Gasteiger partial charge in [-0.25, -0.2) is 0 Å². The molecule has 0 aliphatic carbocycles. The van der Waals surface area contributed by atoms with Gasteiger partial charge in [0.05, 0.1) is 12.6 Å². The molecule has 1 unspecified atom stereocenters. The normalized spacial score (nSPS) is 12.1. The molecule has 1 rings (SSSR count). The van der Waals surface area contributed by atoms with Crippen LogP contribution in [0.15, 0.2) is 36.9 Å². The molecule has 0 fully saturated rings. The molecule has 0 heterocycles. The van der Waals surface area contributed by atoms with Crippen LogP contribution in [0.3, 0.4) is 0 Å². The molecule has 0 saturated carbocycles. The van der Waals surface area contributed by atoms with Gasteiger partial charge in [0.2, 0.25) is 0 Å². The van der Waals surface area contributed by atoms with Gasteiger partial charge in [-0.3, -0.25) is 0 Å². The molecule has 76 valence electrons. The summed E-state index contributed by atoms with van der Waals surface area (Å²) >= 11 is 0. The maximum absolute atomic E-state index is 5.36. The topological polar surface area (TPSA) is 21.3 Å². The van der Waals surface area contributed by atoms with Gasteiger partial charge in [0.15, 0.2) is 0 Å². The van der Waals surface area contributed by atoms with Crippen molar-refractivity contribution in [2.24, 2.45) is 0 Å². The summed E-state index contributed by atoms with van der Waals surface area (Å²) in [6.45, 7) is 6.46. The maximum atomic E-state index is 5.36. The first kappa shape index (κ1) is 10.8. The average Bonchev–Trinajstić information content (AvgIpc) is 2.23. The molecule has 0 amide bonds. The highest BCUT2D eigenvalue weighted by Gasteiger charge is 2.03. The Kier molecular flexibility index (Phi) is 4.20. The van der Waals surface area contributed by atoms with Crippen LogP contribution < -0.4 is 10.1 Å². The zero-order valence-corrected chi connectivity index (χ0v) is 8.79. The maximum Gasteiger partial charge on any atom is 0.119 e. The van der Waals surface area contributed by atoms with Gasteiger partial charge < -0.3 is 10.1 Å². The molecule has 0 bridgehead atoms. The van der Waals surface area contributed by atoms with Gasteiger partial charge in [-0.2, -0.15) is 0 Å². The quantitative estimate of drug-likeness (QED) is 0.722. The second-order valence-electron chi connectivity index (χ2n) is 3.00. The van der Waals surface area contributed by atoms with E-state index in [2.05, 4.69) is 11.9 Å². The first-order valence-corrected chi connectivity index (χ1v) is 4.84. The molecule has 1 aromatic carbocycles. The number of ether oxygens (including phenoxy) is 1. The SMILES string of the molecule is C=CC(NC)c1ccc(OCC)cc1. The largest absolute Gasteiger partial charge is 0.494 e. The fraction of sp³-hybridized carbons (Fsp3) is 0.333. The minimum absolute atomic E-state index is 0.214. The standard InChI is InChI=1S/C12H17NO/c1-4-12(13-3)10-6-8-11(9-7-10)14-5-2/h4,6-9,12-13H,1,5H2,2-3H3. The molecule has 1 aromatic rings. The van der Waals surface area contributed by atoms with E-state index in [1.54, 1.807) is 0 Å². The predicted molar refractivity (Wildman–Crippen MR) is 59.6 cm³/mol. The molecule has 0 spiro atoms. The van der Waals surface area contributed by atoms with Crippen molar-refractivity contribution in [2.45, 2.75) is 13.0 Å². The van der Waals surface area contributed by atoms with Crippen LogP contribution >= 0.6 is 0 Å². The number of rotatable bonds is 5. The Hall–Kier alpha value is -1.28. The van der Waals surface area contributed by atoms with Crippen molar-refractivity contribution in [3.8, 4) is 5.75 Å². The minimum Gasteiger partial charge on any atom is -0.494 e. The second-order valence-corrected chi connectivity index (χ2v) is 3.00. The van der Waals surface area contributed by atoms with Gasteiger partial charge in [-0.1, -0.05) is 18.2 Å². The van der Waals surface area contributed by atoms with Gasteiger partial charge in [-0.05, 0) is 31.7 Å². The van der Waals surface area contributed by atoms with Crippen LogP contribution in [-0.4, -0.2) is 13.7 Å². The van der Waals surface area contributed by atoms with E-state index in [1.165, 1.54) is 5.56 Å². The van der Waals surface area contributed by atoms with Gasteiger partial charge in [0, 0.05) is 0 Å². The molecular weight excluding hydrogens is 174 g/mol. The third kappa shape index (κ3) is 2.60. The fourth-order valence-corrected chi connectivity index (χ4v) is 1.36. The lowest BCUT2D eigenvalue weighted by Crippen LogP contribution is -2.13. The van der Waals surface area contributed by atoms with Crippen molar-refractivity contribution in [1.82, 2.24) is 5.32 Å². The fourth-order valence-electron chi connectivity index (χ4n) is 1.36. The Morgan fingerprint density at radius 1 is 1.43 bits per heavy atom. The predicted octanol–water partition coefficient (Wildman–Crippen LogP) is 2.53. The molecule has 14 heavy (non-hydrogen) atoms. The first-order chi connectivity index (χ1) is 6.81. The van der Waals surface area contributed by atoms with E-state index in [1.807, 2.05) is 44.3 Å². The summed E-state index contributed by atoms with van der Waals surface area (Å²) in [5.74, 6) is 0.912. The summed E-state index contributed by atoms with van der Waals surface area (Å²) in [4.78, 5) is 0. The van der Waals surface area contributed by atoms with Gasteiger partial charge >= 0.3 is 0 Å². The Balaban J connectivity index is 2.76. The third-order valence-electron chi connectivity index (χ3n) is 2.10. The van der Waals surface area contributed by atoms with Crippen molar-refractivity contribution in [3.63, 3.8) is 0 Å². The van der Waals surface area contributed by atoms with E-state index < -0.39 is 0 Å². The molecule has 0 aliphatic rings.